The number of hydrogen-bond acceptors (Lipinski definition) is 2. The van der Waals surface area contributed by atoms with Crippen molar-refractivity contribution in [1.29, 1.82) is 0 Å². The minimum Gasteiger partial charge on any atom is -0.321 e. The molecule has 1 aromatic carbocycles. The van der Waals surface area contributed by atoms with E-state index in [2.05, 4.69) is 10.4 Å². The molecule has 1 atom stereocenters. The second-order valence-corrected chi connectivity index (χ2v) is 5.35. The fourth-order valence-electron chi connectivity index (χ4n) is 2.40. The lowest BCUT2D eigenvalue weighted by molar-refractivity contribution is -0.143. The van der Waals surface area contributed by atoms with Crippen LogP contribution >= 0.6 is 11.6 Å². The van der Waals surface area contributed by atoms with Crippen molar-refractivity contribution in [3.8, 4) is 0 Å². The normalized spacial score (nSPS) is 13.0. The number of rotatable bonds is 4. The molecule has 1 amide bonds. The largest absolute Gasteiger partial charge is 0.435 e. The van der Waals surface area contributed by atoms with E-state index in [4.69, 9.17) is 11.6 Å². The van der Waals surface area contributed by atoms with E-state index >= 15 is 0 Å². The van der Waals surface area contributed by atoms with Crippen LogP contribution in [0.25, 0.3) is 0 Å². The maximum absolute atomic E-state index is 13.1. The molecule has 4 nitrogen and oxygen atoms in total. The Morgan fingerprint density at radius 1 is 1.35 bits per heavy atom. The Bertz CT molecular complexity index is 698. The molecule has 0 fully saturated rings. The molecule has 8 heteroatoms. The number of aromatic nitrogens is 2. The number of halogens is 4. The van der Waals surface area contributed by atoms with Gasteiger partial charge in [-0.3, -0.25) is 9.48 Å². The van der Waals surface area contributed by atoms with E-state index in [9.17, 15) is 18.0 Å². The maximum atomic E-state index is 13.1. The van der Waals surface area contributed by atoms with Crippen LogP contribution in [0.2, 0.25) is 5.15 Å². The summed E-state index contributed by atoms with van der Waals surface area (Å²) in [5, 5.41) is 5.42. The van der Waals surface area contributed by atoms with Crippen molar-refractivity contribution in [2.24, 2.45) is 7.05 Å². The summed E-state index contributed by atoms with van der Waals surface area (Å²) in [6.07, 6.45) is -4.24. The third kappa shape index (κ3) is 3.67. The zero-order valence-corrected chi connectivity index (χ0v) is 13.2. The van der Waals surface area contributed by atoms with Gasteiger partial charge in [0, 0.05) is 7.05 Å². The van der Waals surface area contributed by atoms with Crippen LogP contribution in [0.5, 0.6) is 0 Å². The van der Waals surface area contributed by atoms with Gasteiger partial charge in [0.2, 0.25) is 5.91 Å². The Kier molecular flexibility index (Phi) is 4.99. The molecule has 0 saturated heterocycles. The highest BCUT2D eigenvalue weighted by Gasteiger charge is 2.40. The summed E-state index contributed by atoms with van der Waals surface area (Å²) >= 11 is 5.75. The van der Waals surface area contributed by atoms with Crippen LogP contribution in [0, 0.1) is 0 Å². The number of benzene rings is 1. The first kappa shape index (κ1) is 17.3. The van der Waals surface area contributed by atoms with Gasteiger partial charge >= 0.3 is 6.18 Å². The van der Waals surface area contributed by atoms with Gasteiger partial charge in [0.1, 0.15) is 5.69 Å². The molecule has 0 aliphatic heterocycles. The summed E-state index contributed by atoms with van der Waals surface area (Å²) < 4.78 is 39.9. The number of amides is 1. The first-order valence-electron chi connectivity index (χ1n) is 6.91. The highest BCUT2D eigenvalue weighted by molar-refractivity contribution is 6.32. The van der Waals surface area contributed by atoms with Crippen molar-refractivity contribution in [2.75, 3.05) is 5.32 Å². The molecule has 0 bridgehead atoms. The summed E-state index contributed by atoms with van der Waals surface area (Å²) in [6.45, 7) is 1.78. The fourth-order valence-corrected chi connectivity index (χ4v) is 2.65. The summed E-state index contributed by atoms with van der Waals surface area (Å²) in [5.74, 6) is -1.13. The minimum absolute atomic E-state index is 0.393. The van der Waals surface area contributed by atoms with Crippen molar-refractivity contribution in [1.82, 2.24) is 9.78 Å². The van der Waals surface area contributed by atoms with Crippen LogP contribution < -0.4 is 5.32 Å². The van der Waals surface area contributed by atoms with Gasteiger partial charge in [0.25, 0.3) is 0 Å². The molecule has 0 radical (unpaired) electrons. The molecule has 0 spiro atoms. The van der Waals surface area contributed by atoms with Gasteiger partial charge in [-0.1, -0.05) is 48.9 Å². The van der Waals surface area contributed by atoms with E-state index in [1.165, 1.54) is 0 Å². The number of anilines is 1. The molecule has 1 aromatic heterocycles. The molecule has 1 N–H and O–H groups in total. The smallest absolute Gasteiger partial charge is 0.321 e. The van der Waals surface area contributed by atoms with Gasteiger partial charge in [0.15, 0.2) is 10.8 Å². The predicted octanol–water partition coefficient (Wildman–Crippen LogP) is 4.22. The van der Waals surface area contributed by atoms with Crippen molar-refractivity contribution >= 4 is 23.2 Å². The maximum Gasteiger partial charge on any atom is 0.435 e. The van der Waals surface area contributed by atoms with Gasteiger partial charge in [-0.05, 0) is 12.0 Å². The van der Waals surface area contributed by atoms with Gasteiger partial charge in [-0.2, -0.15) is 18.3 Å². The second kappa shape index (κ2) is 6.62. The quantitative estimate of drug-likeness (QED) is 0.901. The molecule has 0 saturated carbocycles. The molecule has 2 aromatic rings. The fraction of sp³-hybridized carbons (Fsp3) is 0.333. The van der Waals surface area contributed by atoms with E-state index in [-0.39, 0.29) is 0 Å². The minimum atomic E-state index is -4.67. The summed E-state index contributed by atoms with van der Waals surface area (Å²) in [4.78, 5) is 12.4. The molecule has 124 valence electrons. The second-order valence-electron chi connectivity index (χ2n) is 5.00. The lowest BCUT2D eigenvalue weighted by Crippen LogP contribution is -2.23. The molecule has 0 aliphatic rings. The van der Waals surface area contributed by atoms with E-state index in [1.807, 2.05) is 0 Å². The Morgan fingerprint density at radius 2 is 1.96 bits per heavy atom. The van der Waals surface area contributed by atoms with E-state index in [1.54, 1.807) is 37.3 Å². The number of nitrogens with one attached hydrogen (secondary N) is 1. The van der Waals surface area contributed by atoms with Crippen molar-refractivity contribution in [3.05, 3.63) is 46.7 Å². The van der Waals surface area contributed by atoms with E-state index in [0.717, 1.165) is 12.6 Å². The number of carbonyl (C=O) groups is 1. The van der Waals surface area contributed by atoms with Gasteiger partial charge < -0.3 is 5.32 Å². The highest BCUT2D eigenvalue weighted by Crippen LogP contribution is 2.38. The van der Waals surface area contributed by atoms with Gasteiger partial charge in [-0.15, -0.1) is 0 Å². The highest BCUT2D eigenvalue weighted by atomic mass is 35.5. The molecule has 1 unspecified atom stereocenters. The number of alkyl halides is 3. The zero-order valence-electron chi connectivity index (χ0n) is 12.5. The lowest BCUT2D eigenvalue weighted by Gasteiger charge is -2.16. The molecular formula is C15H15ClF3N3O. The standard InChI is InChI=1S/C15H15ClF3N3O/c1-3-10(9-7-5-4-6-8-9)14(23)20-11-12(15(17,18)19)22(2)21-13(11)16/h4-8,10H,3H2,1-2H3,(H,20,23). The average molecular weight is 346 g/mol. The summed E-state index contributed by atoms with van der Waals surface area (Å²) in [6, 6.07) is 8.84. The number of nitrogens with zero attached hydrogens (tertiary/aromatic N) is 2. The molecule has 0 aliphatic carbocycles. The number of hydrogen-bond donors (Lipinski definition) is 1. The van der Waals surface area contributed by atoms with Crippen molar-refractivity contribution < 1.29 is 18.0 Å². The summed E-state index contributed by atoms with van der Waals surface area (Å²) in [5.41, 5.74) is -0.874. The van der Waals surface area contributed by atoms with Crippen LogP contribution in [-0.2, 0) is 18.0 Å². The van der Waals surface area contributed by atoms with Crippen LogP contribution in [0.1, 0.15) is 30.5 Å². The monoisotopic (exact) mass is 345 g/mol. The van der Waals surface area contributed by atoms with Crippen molar-refractivity contribution in [3.63, 3.8) is 0 Å². The third-order valence-electron chi connectivity index (χ3n) is 3.45. The topological polar surface area (TPSA) is 46.9 Å². The number of carbonyl (C=O) groups excluding carboxylic acids is 1. The van der Waals surface area contributed by atoms with Crippen LogP contribution in [0.15, 0.2) is 30.3 Å². The zero-order chi connectivity index (χ0) is 17.2. The van der Waals surface area contributed by atoms with Crippen LogP contribution in [0.3, 0.4) is 0 Å². The first-order chi connectivity index (χ1) is 10.8. The van der Waals surface area contributed by atoms with Gasteiger partial charge in [-0.25, -0.2) is 0 Å². The Labute approximate surface area is 136 Å². The Morgan fingerprint density at radius 3 is 2.48 bits per heavy atom. The summed E-state index contributed by atoms with van der Waals surface area (Å²) in [7, 11) is 1.12. The SMILES string of the molecule is CCC(C(=O)Nc1c(Cl)nn(C)c1C(F)(F)F)c1ccccc1. The Hall–Kier alpha value is -2.02. The molecule has 2 rings (SSSR count). The predicted molar refractivity (Wildman–Crippen MR) is 81.3 cm³/mol. The van der Waals surface area contributed by atoms with Crippen LogP contribution in [0.4, 0.5) is 18.9 Å². The Balaban J connectivity index is 2.34. The molecule has 23 heavy (non-hydrogen) atoms. The van der Waals surface area contributed by atoms with E-state index < -0.39 is 34.5 Å². The van der Waals surface area contributed by atoms with Crippen molar-refractivity contribution in [2.45, 2.75) is 25.4 Å². The van der Waals surface area contributed by atoms with Crippen LogP contribution in [-0.4, -0.2) is 15.7 Å². The average Bonchev–Trinajstić information content (AvgIpc) is 2.74. The first-order valence-corrected chi connectivity index (χ1v) is 7.29. The third-order valence-corrected chi connectivity index (χ3v) is 3.71. The van der Waals surface area contributed by atoms with E-state index in [0.29, 0.717) is 11.1 Å². The lowest BCUT2D eigenvalue weighted by atomic mass is 9.95. The molecular weight excluding hydrogens is 331 g/mol. The number of aryl methyl sites for hydroxylation is 1. The van der Waals surface area contributed by atoms with Gasteiger partial charge in [0.05, 0.1) is 5.92 Å². The molecule has 1 heterocycles.